The molecule has 0 saturated carbocycles. The predicted molar refractivity (Wildman–Crippen MR) is 67.1 cm³/mol. The molecule has 0 amide bonds. The summed E-state index contributed by atoms with van der Waals surface area (Å²) in [5.41, 5.74) is 0. The lowest BCUT2D eigenvalue weighted by Gasteiger charge is -2.20. The molecule has 0 fully saturated rings. The maximum atomic E-state index is 5.64. The highest BCUT2D eigenvalue weighted by molar-refractivity contribution is 4.64. The van der Waals surface area contributed by atoms with Crippen LogP contribution in [0.3, 0.4) is 0 Å². The quantitative estimate of drug-likeness (QED) is 0.597. The first kappa shape index (κ1) is 14.9. The Labute approximate surface area is 95.8 Å². The fourth-order valence-electron chi connectivity index (χ4n) is 1.59. The molecule has 92 valence electrons. The number of hydrogen-bond donors (Lipinski definition) is 1. The highest BCUT2D eigenvalue weighted by atomic mass is 16.5. The Kier molecular flexibility index (Phi) is 9.12. The number of hydrogen-bond acceptors (Lipinski definition) is 2. The van der Waals surface area contributed by atoms with Gasteiger partial charge < -0.3 is 10.1 Å². The van der Waals surface area contributed by atoms with E-state index in [9.17, 15) is 0 Å². The Morgan fingerprint density at radius 3 is 2.07 bits per heavy atom. The lowest BCUT2D eigenvalue weighted by atomic mass is 9.93. The summed E-state index contributed by atoms with van der Waals surface area (Å²) < 4.78 is 5.64. The summed E-state index contributed by atoms with van der Waals surface area (Å²) in [7, 11) is 2.02. The van der Waals surface area contributed by atoms with Crippen molar-refractivity contribution in [3.8, 4) is 0 Å². The molecule has 0 rings (SSSR count). The largest absolute Gasteiger partial charge is 0.381 e. The Morgan fingerprint density at radius 2 is 1.60 bits per heavy atom. The zero-order valence-electron chi connectivity index (χ0n) is 11.2. The zero-order chi connectivity index (χ0) is 11.7. The molecule has 0 aliphatic carbocycles. The molecule has 1 atom stereocenters. The summed E-state index contributed by atoms with van der Waals surface area (Å²) in [5, 5.41) is 3.25. The second-order valence-corrected chi connectivity index (χ2v) is 5.15. The van der Waals surface area contributed by atoms with E-state index >= 15 is 0 Å². The molecule has 0 bridgehead atoms. The third kappa shape index (κ3) is 8.88. The van der Waals surface area contributed by atoms with Gasteiger partial charge in [-0.25, -0.2) is 0 Å². The molecule has 0 aliphatic heterocycles. The van der Waals surface area contributed by atoms with E-state index in [1.807, 2.05) is 7.05 Å². The van der Waals surface area contributed by atoms with Gasteiger partial charge in [0.15, 0.2) is 0 Å². The molecule has 0 heterocycles. The first-order chi connectivity index (χ1) is 7.07. The first-order valence-corrected chi connectivity index (χ1v) is 6.30. The van der Waals surface area contributed by atoms with E-state index in [4.69, 9.17) is 4.74 Å². The molecule has 0 radical (unpaired) electrons. The van der Waals surface area contributed by atoms with E-state index in [2.05, 4.69) is 33.0 Å². The fraction of sp³-hybridized carbons (Fsp3) is 1.00. The minimum atomic E-state index is 0.742. The number of nitrogens with one attached hydrogen (secondary N) is 1. The van der Waals surface area contributed by atoms with Gasteiger partial charge >= 0.3 is 0 Å². The van der Waals surface area contributed by atoms with E-state index in [1.165, 1.54) is 12.8 Å². The standard InChI is InChI=1S/C13H29NO/c1-11(2)6-8-15-9-7-13(10-14-5)12(3)4/h11-14H,6-10H2,1-5H3. The molecule has 15 heavy (non-hydrogen) atoms. The molecule has 2 nitrogen and oxygen atoms in total. The second-order valence-electron chi connectivity index (χ2n) is 5.15. The van der Waals surface area contributed by atoms with Crippen molar-refractivity contribution in [2.45, 2.75) is 40.5 Å². The molecule has 1 N–H and O–H groups in total. The minimum absolute atomic E-state index is 0.742. The van der Waals surface area contributed by atoms with E-state index in [-0.39, 0.29) is 0 Å². The molecule has 1 unspecified atom stereocenters. The maximum Gasteiger partial charge on any atom is 0.0469 e. The summed E-state index contributed by atoms with van der Waals surface area (Å²) >= 11 is 0. The van der Waals surface area contributed by atoms with E-state index in [0.717, 1.165) is 37.5 Å². The lowest BCUT2D eigenvalue weighted by Crippen LogP contribution is -2.24. The van der Waals surface area contributed by atoms with Crippen LogP contribution in [0.4, 0.5) is 0 Å². The van der Waals surface area contributed by atoms with Crippen LogP contribution in [0.5, 0.6) is 0 Å². The molecule has 0 aromatic heterocycles. The van der Waals surface area contributed by atoms with Crippen molar-refractivity contribution < 1.29 is 4.74 Å². The number of ether oxygens (including phenoxy) is 1. The monoisotopic (exact) mass is 215 g/mol. The molecule has 0 aromatic rings. The van der Waals surface area contributed by atoms with Gasteiger partial charge in [-0.3, -0.25) is 0 Å². The smallest absolute Gasteiger partial charge is 0.0469 e. The summed E-state index contributed by atoms with van der Waals surface area (Å²) in [6.07, 6.45) is 2.36. The van der Waals surface area contributed by atoms with Gasteiger partial charge in [0.05, 0.1) is 0 Å². The van der Waals surface area contributed by atoms with Crippen LogP contribution in [-0.2, 0) is 4.74 Å². The Hall–Kier alpha value is -0.0800. The van der Waals surface area contributed by atoms with Crippen LogP contribution in [0.2, 0.25) is 0 Å². The predicted octanol–water partition coefficient (Wildman–Crippen LogP) is 2.93. The third-order valence-corrected chi connectivity index (χ3v) is 2.88. The maximum absolute atomic E-state index is 5.64. The van der Waals surface area contributed by atoms with Crippen molar-refractivity contribution in [3.63, 3.8) is 0 Å². The summed E-state index contributed by atoms with van der Waals surface area (Å²) in [5.74, 6) is 2.24. The molecule has 2 heteroatoms. The summed E-state index contributed by atoms with van der Waals surface area (Å²) in [4.78, 5) is 0. The van der Waals surface area contributed by atoms with Crippen LogP contribution in [0.15, 0.2) is 0 Å². The first-order valence-electron chi connectivity index (χ1n) is 6.30. The number of rotatable bonds is 9. The van der Waals surface area contributed by atoms with Gasteiger partial charge in [-0.05, 0) is 44.2 Å². The lowest BCUT2D eigenvalue weighted by molar-refractivity contribution is 0.104. The topological polar surface area (TPSA) is 21.3 Å². The average molecular weight is 215 g/mol. The van der Waals surface area contributed by atoms with Gasteiger partial charge in [0.1, 0.15) is 0 Å². The van der Waals surface area contributed by atoms with Gasteiger partial charge in [-0.15, -0.1) is 0 Å². The fourth-order valence-corrected chi connectivity index (χ4v) is 1.59. The van der Waals surface area contributed by atoms with Crippen molar-refractivity contribution >= 4 is 0 Å². The highest BCUT2D eigenvalue weighted by Crippen LogP contribution is 2.14. The average Bonchev–Trinajstić information content (AvgIpc) is 2.15. The molecule has 0 aromatic carbocycles. The highest BCUT2D eigenvalue weighted by Gasteiger charge is 2.11. The van der Waals surface area contributed by atoms with Gasteiger partial charge in [0.25, 0.3) is 0 Å². The second kappa shape index (κ2) is 9.17. The Balaban J connectivity index is 3.45. The van der Waals surface area contributed by atoms with Gasteiger partial charge in [0.2, 0.25) is 0 Å². The SMILES string of the molecule is CNCC(CCOCCC(C)C)C(C)C. The molecule has 0 aliphatic rings. The Bertz CT molecular complexity index is 134. The van der Waals surface area contributed by atoms with Crippen molar-refractivity contribution in [2.24, 2.45) is 17.8 Å². The minimum Gasteiger partial charge on any atom is -0.381 e. The van der Waals surface area contributed by atoms with Crippen LogP contribution in [-0.4, -0.2) is 26.8 Å². The third-order valence-electron chi connectivity index (χ3n) is 2.88. The molecule has 0 spiro atoms. The van der Waals surface area contributed by atoms with Gasteiger partial charge in [-0.2, -0.15) is 0 Å². The van der Waals surface area contributed by atoms with Crippen LogP contribution in [0, 0.1) is 17.8 Å². The summed E-state index contributed by atoms with van der Waals surface area (Å²) in [6, 6.07) is 0. The molecular formula is C13H29NO. The normalized spacial score (nSPS) is 13.8. The molecule has 0 saturated heterocycles. The van der Waals surface area contributed by atoms with Crippen LogP contribution in [0.25, 0.3) is 0 Å². The van der Waals surface area contributed by atoms with Gasteiger partial charge in [0, 0.05) is 13.2 Å². The van der Waals surface area contributed by atoms with Crippen LogP contribution >= 0.6 is 0 Å². The zero-order valence-corrected chi connectivity index (χ0v) is 11.2. The van der Waals surface area contributed by atoms with Crippen LogP contribution in [0.1, 0.15) is 40.5 Å². The van der Waals surface area contributed by atoms with Crippen molar-refractivity contribution in [1.82, 2.24) is 5.32 Å². The summed E-state index contributed by atoms with van der Waals surface area (Å²) in [6.45, 7) is 12.0. The van der Waals surface area contributed by atoms with Crippen molar-refractivity contribution in [3.05, 3.63) is 0 Å². The van der Waals surface area contributed by atoms with Gasteiger partial charge in [-0.1, -0.05) is 27.7 Å². The van der Waals surface area contributed by atoms with E-state index in [0.29, 0.717) is 0 Å². The van der Waals surface area contributed by atoms with E-state index < -0.39 is 0 Å². The van der Waals surface area contributed by atoms with Crippen LogP contribution < -0.4 is 5.32 Å². The Morgan fingerprint density at radius 1 is 1.00 bits per heavy atom. The van der Waals surface area contributed by atoms with Crippen molar-refractivity contribution in [1.29, 1.82) is 0 Å². The molecular weight excluding hydrogens is 186 g/mol. The van der Waals surface area contributed by atoms with Crippen molar-refractivity contribution in [2.75, 3.05) is 26.8 Å². The van der Waals surface area contributed by atoms with E-state index in [1.54, 1.807) is 0 Å².